The molecule has 0 unspecified atom stereocenters. The number of hydrogen-bond acceptors (Lipinski definition) is 5. The molecule has 0 spiro atoms. The average Bonchev–Trinajstić information content (AvgIpc) is 3.12. The highest BCUT2D eigenvalue weighted by Gasteiger charge is 2.37. The number of hydrogen-bond donors (Lipinski definition) is 2. The minimum Gasteiger partial charge on any atom is -0.325 e. The summed E-state index contributed by atoms with van der Waals surface area (Å²) in [4.78, 5) is 13.2. The lowest BCUT2D eigenvalue weighted by Crippen LogP contribution is -2.41. The molecule has 0 aliphatic carbocycles. The summed E-state index contributed by atoms with van der Waals surface area (Å²) in [6.07, 6.45) is 1.68. The van der Waals surface area contributed by atoms with Crippen molar-refractivity contribution in [3.8, 4) is 0 Å². The van der Waals surface area contributed by atoms with Gasteiger partial charge in [-0.2, -0.15) is 0 Å². The molecule has 2 heterocycles. The number of nitrogens with one attached hydrogen (secondary N) is 2. The van der Waals surface area contributed by atoms with Crippen LogP contribution in [0.15, 0.2) is 47.6 Å². The number of halogens is 2. The number of amides is 1. The monoisotopic (exact) mass is 445 g/mol. The van der Waals surface area contributed by atoms with Gasteiger partial charge < -0.3 is 10.7 Å². The van der Waals surface area contributed by atoms with E-state index in [1.165, 1.54) is 23.9 Å². The van der Waals surface area contributed by atoms with Crippen LogP contribution in [0, 0.1) is 12.7 Å². The lowest BCUT2D eigenvalue weighted by molar-refractivity contribution is -0.116. The van der Waals surface area contributed by atoms with Crippen LogP contribution in [-0.2, 0) is 11.2 Å². The van der Waals surface area contributed by atoms with Crippen LogP contribution in [-0.4, -0.2) is 26.0 Å². The number of anilines is 1. The maximum absolute atomic E-state index is 13.5. The van der Waals surface area contributed by atoms with Crippen molar-refractivity contribution < 1.29 is 9.18 Å². The molecule has 2 N–H and O–H groups in total. The van der Waals surface area contributed by atoms with Crippen molar-refractivity contribution in [1.82, 2.24) is 14.9 Å². The van der Waals surface area contributed by atoms with E-state index in [0.717, 1.165) is 29.8 Å². The minimum absolute atomic E-state index is 0.201. The summed E-state index contributed by atoms with van der Waals surface area (Å²) in [5.74, 6) is 0.276. The van der Waals surface area contributed by atoms with Gasteiger partial charge in [-0.05, 0) is 48.7 Å². The van der Waals surface area contributed by atoms with Gasteiger partial charge in [0.25, 0.3) is 0 Å². The van der Waals surface area contributed by atoms with Gasteiger partial charge in [0, 0.05) is 17.1 Å². The zero-order valence-electron chi connectivity index (χ0n) is 16.5. The number of fused-ring (bicyclic) bond motifs is 1. The van der Waals surface area contributed by atoms with E-state index in [0.29, 0.717) is 15.9 Å². The Balaban J connectivity index is 1.66. The fourth-order valence-corrected chi connectivity index (χ4v) is 4.57. The first-order chi connectivity index (χ1) is 14.5. The Morgan fingerprint density at radius 3 is 2.73 bits per heavy atom. The van der Waals surface area contributed by atoms with Crippen molar-refractivity contribution in [2.45, 2.75) is 43.1 Å². The number of thioether (sulfide) groups is 1. The largest absolute Gasteiger partial charge is 0.325 e. The number of aromatic nitrogens is 3. The van der Waals surface area contributed by atoms with Crippen molar-refractivity contribution in [3.05, 3.63) is 70.3 Å². The first-order valence-electron chi connectivity index (χ1n) is 9.66. The molecule has 2 atom stereocenters. The van der Waals surface area contributed by atoms with Crippen molar-refractivity contribution in [3.63, 3.8) is 0 Å². The summed E-state index contributed by atoms with van der Waals surface area (Å²) in [6.45, 7) is 3.97. The first-order valence-corrected chi connectivity index (χ1v) is 10.9. The van der Waals surface area contributed by atoms with E-state index in [1.807, 2.05) is 23.7 Å². The SMILES string of the molecule is CCCc1nnc2n1N[C@@H](c1ccc(F)cc1)[C@H](C(=O)Nc1ccc(C)c(Cl)c1)S2. The van der Waals surface area contributed by atoms with Gasteiger partial charge in [0.1, 0.15) is 11.1 Å². The van der Waals surface area contributed by atoms with Crippen LogP contribution in [0.1, 0.15) is 36.3 Å². The van der Waals surface area contributed by atoms with Crippen LogP contribution in [0.2, 0.25) is 5.02 Å². The Morgan fingerprint density at radius 2 is 2.03 bits per heavy atom. The third-order valence-electron chi connectivity index (χ3n) is 4.90. The number of benzene rings is 2. The molecule has 3 aromatic rings. The Hall–Kier alpha value is -2.58. The highest BCUT2D eigenvalue weighted by molar-refractivity contribution is 8.00. The van der Waals surface area contributed by atoms with Crippen LogP contribution in [0.3, 0.4) is 0 Å². The fourth-order valence-electron chi connectivity index (χ4n) is 3.29. The third-order valence-corrected chi connectivity index (χ3v) is 6.53. The average molecular weight is 446 g/mol. The van der Waals surface area contributed by atoms with Gasteiger partial charge in [-0.25, -0.2) is 9.07 Å². The predicted octanol–water partition coefficient (Wildman–Crippen LogP) is 4.73. The minimum atomic E-state index is -0.540. The predicted molar refractivity (Wildman–Crippen MR) is 117 cm³/mol. The van der Waals surface area contributed by atoms with Crippen LogP contribution in [0.25, 0.3) is 0 Å². The van der Waals surface area contributed by atoms with Gasteiger partial charge in [0.15, 0.2) is 5.82 Å². The van der Waals surface area contributed by atoms with Gasteiger partial charge >= 0.3 is 0 Å². The summed E-state index contributed by atoms with van der Waals surface area (Å²) in [5.41, 5.74) is 5.72. The van der Waals surface area contributed by atoms with Crippen LogP contribution in [0.4, 0.5) is 10.1 Å². The molecule has 0 fully saturated rings. The topological polar surface area (TPSA) is 71.8 Å². The summed E-state index contributed by atoms with van der Waals surface area (Å²) in [6, 6.07) is 11.2. The Kier molecular flexibility index (Phi) is 5.97. The molecule has 0 bridgehead atoms. The standard InChI is InChI=1S/C21H21ClFN5OS/c1-3-4-17-25-26-21-28(17)27-18(13-6-8-14(23)9-7-13)19(30-21)20(29)24-15-10-5-12(2)16(22)11-15/h5-11,18-19,27H,3-4H2,1-2H3,(H,24,29)/t18-,19+/m0/s1. The smallest absolute Gasteiger partial charge is 0.240 e. The second-order valence-electron chi connectivity index (χ2n) is 7.13. The fraction of sp³-hybridized carbons (Fsp3) is 0.286. The molecule has 0 radical (unpaired) electrons. The van der Waals surface area contributed by atoms with Crippen molar-refractivity contribution in [2.75, 3.05) is 10.7 Å². The molecule has 1 aliphatic rings. The Labute approximate surface area is 183 Å². The van der Waals surface area contributed by atoms with Gasteiger partial charge in [0.2, 0.25) is 11.1 Å². The molecule has 2 aromatic carbocycles. The highest BCUT2D eigenvalue weighted by atomic mass is 35.5. The second-order valence-corrected chi connectivity index (χ2v) is 8.65. The Morgan fingerprint density at radius 1 is 1.27 bits per heavy atom. The third kappa shape index (κ3) is 4.15. The summed E-state index contributed by atoms with van der Waals surface area (Å²) in [7, 11) is 0. The molecule has 156 valence electrons. The zero-order chi connectivity index (χ0) is 21.3. The second kappa shape index (κ2) is 8.65. The maximum Gasteiger partial charge on any atom is 0.240 e. The Bertz CT molecular complexity index is 1070. The van der Waals surface area contributed by atoms with E-state index in [-0.39, 0.29) is 11.7 Å². The quantitative estimate of drug-likeness (QED) is 0.594. The molecule has 1 aromatic heterocycles. The summed E-state index contributed by atoms with van der Waals surface area (Å²) in [5, 5.41) is 12.1. The number of aryl methyl sites for hydroxylation is 2. The van der Waals surface area contributed by atoms with E-state index < -0.39 is 11.3 Å². The molecule has 1 amide bonds. The van der Waals surface area contributed by atoms with Crippen molar-refractivity contribution in [1.29, 1.82) is 0 Å². The number of carbonyl (C=O) groups excluding carboxylic acids is 1. The molecule has 0 saturated carbocycles. The van der Waals surface area contributed by atoms with E-state index in [4.69, 9.17) is 11.6 Å². The lowest BCUT2D eigenvalue weighted by Gasteiger charge is -2.33. The van der Waals surface area contributed by atoms with E-state index in [9.17, 15) is 9.18 Å². The van der Waals surface area contributed by atoms with Gasteiger partial charge in [-0.1, -0.05) is 48.5 Å². The van der Waals surface area contributed by atoms with Crippen LogP contribution in [0.5, 0.6) is 0 Å². The molecule has 6 nitrogen and oxygen atoms in total. The van der Waals surface area contributed by atoms with Gasteiger partial charge in [-0.15, -0.1) is 10.2 Å². The molecule has 4 rings (SSSR count). The molecule has 1 aliphatic heterocycles. The maximum atomic E-state index is 13.5. The van der Waals surface area contributed by atoms with Gasteiger partial charge in [-0.3, -0.25) is 4.79 Å². The summed E-state index contributed by atoms with van der Waals surface area (Å²) < 4.78 is 15.3. The highest BCUT2D eigenvalue weighted by Crippen LogP contribution is 2.38. The van der Waals surface area contributed by atoms with Gasteiger partial charge in [0.05, 0.1) is 6.04 Å². The first kappa shape index (κ1) is 20.7. The lowest BCUT2D eigenvalue weighted by atomic mass is 10.0. The van der Waals surface area contributed by atoms with Crippen molar-refractivity contribution in [2.24, 2.45) is 0 Å². The molecular weight excluding hydrogens is 425 g/mol. The van der Waals surface area contributed by atoms with E-state index in [2.05, 4.69) is 27.9 Å². The van der Waals surface area contributed by atoms with E-state index in [1.54, 1.807) is 18.2 Å². The van der Waals surface area contributed by atoms with Crippen molar-refractivity contribution >= 4 is 35.0 Å². The summed E-state index contributed by atoms with van der Waals surface area (Å²) >= 11 is 7.53. The molecule has 0 saturated heterocycles. The van der Waals surface area contributed by atoms with E-state index >= 15 is 0 Å². The molecule has 30 heavy (non-hydrogen) atoms. The number of nitrogens with zero attached hydrogens (tertiary/aromatic N) is 3. The number of carbonyl (C=O) groups is 1. The number of rotatable bonds is 5. The van der Waals surface area contributed by atoms with Crippen LogP contribution >= 0.6 is 23.4 Å². The molecular formula is C21H21ClFN5OS. The zero-order valence-corrected chi connectivity index (χ0v) is 18.1. The molecule has 9 heteroatoms. The van der Waals surface area contributed by atoms with Crippen LogP contribution < -0.4 is 10.7 Å². The normalized spacial score (nSPS) is 17.9.